The van der Waals surface area contributed by atoms with Gasteiger partial charge < -0.3 is 14.8 Å². The highest BCUT2D eigenvalue weighted by Gasteiger charge is 2.28. The Balaban J connectivity index is 1.88. The molecule has 2 aromatic rings. The van der Waals surface area contributed by atoms with Gasteiger partial charge in [-0.1, -0.05) is 12.1 Å². The van der Waals surface area contributed by atoms with E-state index in [0.717, 1.165) is 10.6 Å². The van der Waals surface area contributed by atoms with Crippen LogP contribution < -0.4 is 14.4 Å². The Hall–Kier alpha value is -2.19. The molecule has 33 heavy (non-hydrogen) atoms. The highest BCUT2D eigenvalue weighted by atomic mass is 79.9. The number of nitrogens with one attached hydrogen (secondary N) is 1. The number of ether oxygens (including phenoxy) is 2. The number of halogens is 1. The summed E-state index contributed by atoms with van der Waals surface area (Å²) in [7, 11) is -6.22. The summed E-state index contributed by atoms with van der Waals surface area (Å²) in [6, 6.07) is 10.7. The molecule has 180 valence electrons. The van der Waals surface area contributed by atoms with Gasteiger partial charge in [0.1, 0.15) is 12.3 Å². The molecular formula is C20H24BrN3O7S2. The zero-order valence-electron chi connectivity index (χ0n) is 18.0. The van der Waals surface area contributed by atoms with Crippen LogP contribution in [0.2, 0.25) is 0 Å². The lowest BCUT2D eigenvalue weighted by molar-refractivity contribution is -0.114. The number of nitrogens with zero attached hydrogens (tertiary/aromatic N) is 2. The summed E-state index contributed by atoms with van der Waals surface area (Å²) in [5.74, 6) is -0.438. The number of carbonyl (C=O) groups excluding carboxylic acids is 1. The molecular weight excluding hydrogens is 538 g/mol. The van der Waals surface area contributed by atoms with Gasteiger partial charge in [-0.05, 0) is 46.3 Å². The third kappa shape index (κ3) is 6.03. The fraction of sp³-hybridized carbons (Fsp3) is 0.350. The highest BCUT2D eigenvalue weighted by Crippen LogP contribution is 2.30. The average molecular weight is 562 g/mol. The van der Waals surface area contributed by atoms with E-state index in [4.69, 9.17) is 9.47 Å². The van der Waals surface area contributed by atoms with Crippen molar-refractivity contribution in [1.82, 2.24) is 4.31 Å². The summed E-state index contributed by atoms with van der Waals surface area (Å²) in [6.45, 7) is 0.534. The van der Waals surface area contributed by atoms with Gasteiger partial charge in [-0.15, -0.1) is 0 Å². The first-order chi connectivity index (χ1) is 15.5. The molecule has 1 fully saturated rings. The lowest BCUT2D eigenvalue weighted by atomic mass is 10.3. The van der Waals surface area contributed by atoms with Crippen molar-refractivity contribution >= 4 is 53.3 Å². The molecule has 0 radical (unpaired) electrons. The van der Waals surface area contributed by atoms with Crippen LogP contribution in [0.1, 0.15) is 0 Å². The predicted molar refractivity (Wildman–Crippen MR) is 128 cm³/mol. The van der Waals surface area contributed by atoms with Crippen LogP contribution in [-0.2, 0) is 29.6 Å². The summed E-state index contributed by atoms with van der Waals surface area (Å²) in [4.78, 5) is 12.8. The smallest absolute Gasteiger partial charge is 0.245 e. The van der Waals surface area contributed by atoms with E-state index in [2.05, 4.69) is 21.2 Å². The molecule has 1 N–H and O–H groups in total. The molecule has 0 saturated carbocycles. The molecule has 1 aliphatic rings. The van der Waals surface area contributed by atoms with Gasteiger partial charge in [0, 0.05) is 17.6 Å². The summed E-state index contributed by atoms with van der Waals surface area (Å²) in [5.41, 5.74) is 0.406. The minimum Gasteiger partial charge on any atom is -0.495 e. The van der Waals surface area contributed by atoms with Crippen LogP contribution in [0.5, 0.6) is 5.75 Å². The van der Waals surface area contributed by atoms with Crippen LogP contribution in [0, 0.1) is 0 Å². The second-order valence-electron chi connectivity index (χ2n) is 7.15. The number of hydrogen-bond acceptors (Lipinski definition) is 7. The molecule has 1 saturated heterocycles. The monoisotopic (exact) mass is 561 g/mol. The van der Waals surface area contributed by atoms with E-state index in [9.17, 15) is 21.6 Å². The number of hydrogen-bond donors (Lipinski definition) is 1. The molecule has 1 heterocycles. The van der Waals surface area contributed by atoms with Crippen LogP contribution in [-0.4, -0.2) is 73.3 Å². The maximum atomic E-state index is 13.0. The van der Waals surface area contributed by atoms with E-state index in [-0.39, 0.29) is 29.4 Å². The zero-order valence-corrected chi connectivity index (χ0v) is 21.2. The van der Waals surface area contributed by atoms with Crippen molar-refractivity contribution in [3.63, 3.8) is 0 Å². The summed E-state index contributed by atoms with van der Waals surface area (Å²) in [5, 5.41) is 2.58. The zero-order chi connectivity index (χ0) is 24.2. The maximum Gasteiger partial charge on any atom is 0.245 e. The van der Waals surface area contributed by atoms with Crippen molar-refractivity contribution in [1.29, 1.82) is 0 Å². The molecule has 0 bridgehead atoms. The fourth-order valence-electron chi connectivity index (χ4n) is 3.24. The van der Waals surface area contributed by atoms with E-state index < -0.39 is 32.5 Å². The molecule has 10 nitrogen and oxygen atoms in total. The first-order valence-electron chi connectivity index (χ1n) is 9.82. The molecule has 0 aliphatic carbocycles. The maximum absolute atomic E-state index is 13.0. The number of amides is 1. The van der Waals surface area contributed by atoms with Gasteiger partial charge >= 0.3 is 0 Å². The van der Waals surface area contributed by atoms with E-state index in [1.807, 2.05) is 0 Å². The van der Waals surface area contributed by atoms with Crippen LogP contribution in [0.3, 0.4) is 0 Å². The minimum absolute atomic E-state index is 0.0220. The fourth-order valence-corrected chi connectivity index (χ4v) is 6.16. The number of para-hydroxylation sites is 1. The van der Waals surface area contributed by atoms with Crippen LogP contribution in [0.25, 0.3) is 0 Å². The van der Waals surface area contributed by atoms with Gasteiger partial charge in [-0.2, -0.15) is 4.31 Å². The third-order valence-corrected chi connectivity index (χ3v) is 8.55. The average Bonchev–Trinajstić information content (AvgIpc) is 2.78. The Morgan fingerprint density at radius 3 is 2.42 bits per heavy atom. The molecule has 13 heteroatoms. The van der Waals surface area contributed by atoms with E-state index in [0.29, 0.717) is 23.4 Å². The summed E-state index contributed by atoms with van der Waals surface area (Å²) >= 11 is 3.30. The molecule has 3 rings (SSSR count). The van der Waals surface area contributed by atoms with E-state index in [1.165, 1.54) is 29.6 Å². The Labute approximate surface area is 201 Å². The van der Waals surface area contributed by atoms with Gasteiger partial charge in [0.15, 0.2) is 0 Å². The molecule has 0 spiro atoms. The number of rotatable bonds is 8. The standard InChI is InChI=1S/C20H24BrN3O7S2/c1-30-19-8-7-15(33(28,29)23-9-11-31-12-10-23)13-17(19)22-20(25)14-24(32(2,26)27)18-6-4-3-5-16(18)21/h3-8,13H,9-12,14H2,1-2H3,(H,22,25). The molecule has 1 amide bonds. The van der Waals surface area contributed by atoms with Crippen molar-refractivity contribution in [2.45, 2.75) is 4.90 Å². The van der Waals surface area contributed by atoms with Gasteiger partial charge in [-0.3, -0.25) is 9.10 Å². The first kappa shape index (κ1) is 25.4. The summed E-state index contributed by atoms with van der Waals surface area (Å²) in [6.07, 6.45) is 0.996. The lowest BCUT2D eigenvalue weighted by Gasteiger charge is -2.26. The second kappa shape index (κ2) is 10.4. The number of benzene rings is 2. The van der Waals surface area contributed by atoms with E-state index >= 15 is 0 Å². The number of methoxy groups -OCH3 is 1. The SMILES string of the molecule is COc1ccc(S(=O)(=O)N2CCOCC2)cc1NC(=O)CN(c1ccccc1Br)S(C)(=O)=O. The van der Waals surface area contributed by atoms with Crippen molar-refractivity contribution < 1.29 is 31.1 Å². The van der Waals surface area contributed by atoms with E-state index in [1.54, 1.807) is 24.3 Å². The van der Waals surface area contributed by atoms with Crippen LogP contribution in [0.4, 0.5) is 11.4 Å². The Morgan fingerprint density at radius 2 is 1.82 bits per heavy atom. The van der Waals surface area contributed by atoms with Crippen molar-refractivity contribution in [3.05, 3.63) is 46.9 Å². The molecule has 0 atom stereocenters. The number of morpholine rings is 1. The quantitative estimate of drug-likeness (QED) is 0.522. The number of carbonyl (C=O) groups is 1. The summed E-state index contributed by atoms with van der Waals surface area (Å²) < 4.78 is 63.9. The highest BCUT2D eigenvalue weighted by molar-refractivity contribution is 9.10. The largest absolute Gasteiger partial charge is 0.495 e. The Morgan fingerprint density at radius 1 is 1.15 bits per heavy atom. The van der Waals surface area contributed by atoms with Gasteiger partial charge in [0.25, 0.3) is 0 Å². The van der Waals surface area contributed by atoms with Crippen molar-refractivity contribution in [3.8, 4) is 5.75 Å². The number of sulfonamides is 2. The third-order valence-electron chi connectivity index (χ3n) is 4.86. The molecule has 0 aromatic heterocycles. The van der Waals surface area contributed by atoms with Crippen molar-refractivity contribution in [2.75, 3.05) is 55.8 Å². The van der Waals surface area contributed by atoms with Gasteiger partial charge in [0.05, 0.1) is 42.8 Å². The van der Waals surface area contributed by atoms with Crippen LogP contribution >= 0.6 is 15.9 Å². The molecule has 1 aliphatic heterocycles. The normalized spacial score (nSPS) is 15.1. The predicted octanol–water partition coefficient (Wildman–Crippen LogP) is 1.88. The lowest BCUT2D eigenvalue weighted by Crippen LogP contribution is -2.40. The number of anilines is 2. The molecule has 0 unspecified atom stereocenters. The second-order valence-corrected chi connectivity index (χ2v) is 11.8. The minimum atomic E-state index is -3.81. The topological polar surface area (TPSA) is 122 Å². The Kier molecular flexibility index (Phi) is 8.00. The van der Waals surface area contributed by atoms with Crippen molar-refractivity contribution in [2.24, 2.45) is 0 Å². The molecule has 2 aromatic carbocycles. The van der Waals surface area contributed by atoms with Gasteiger partial charge in [-0.25, -0.2) is 16.8 Å². The van der Waals surface area contributed by atoms with Crippen LogP contribution in [0.15, 0.2) is 51.8 Å². The van der Waals surface area contributed by atoms with Gasteiger partial charge in [0.2, 0.25) is 26.0 Å². The Bertz CT molecular complexity index is 1230. The first-order valence-corrected chi connectivity index (χ1v) is 13.9.